The Morgan fingerprint density at radius 2 is 1.93 bits per heavy atom. The van der Waals surface area contributed by atoms with E-state index in [0.29, 0.717) is 12.5 Å². The van der Waals surface area contributed by atoms with Gasteiger partial charge in [0.1, 0.15) is 0 Å². The summed E-state index contributed by atoms with van der Waals surface area (Å²) >= 11 is 0. The molecule has 6 heteroatoms. The molecule has 6 nitrogen and oxygen atoms in total. The molecule has 0 saturated carbocycles. The van der Waals surface area contributed by atoms with E-state index in [-0.39, 0.29) is 6.10 Å². The standard InChI is InChI=1S/C22H39N5O/c1-6-23-22(24-13-19-7-9-20(10-8-19)16-26(4)5)25-14-21-17-27(11-12-28-21)15-18(2)3/h7-10,18,21H,6,11-17H2,1-5H3,(H2,23,24,25). The molecule has 28 heavy (non-hydrogen) atoms. The van der Waals surface area contributed by atoms with Crippen LogP contribution in [0.4, 0.5) is 0 Å². The molecule has 1 saturated heterocycles. The van der Waals surface area contributed by atoms with Crippen molar-refractivity contribution >= 4 is 5.96 Å². The van der Waals surface area contributed by atoms with Crippen LogP contribution in [0.1, 0.15) is 31.9 Å². The highest BCUT2D eigenvalue weighted by atomic mass is 16.5. The maximum atomic E-state index is 5.93. The van der Waals surface area contributed by atoms with E-state index in [4.69, 9.17) is 9.73 Å². The lowest BCUT2D eigenvalue weighted by atomic mass is 10.1. The summed E-state index contributed by atoms with van der Waals surface area (Å²) in [6, 6.07) is 8.70. The largest absolute Gasteiger partial charge is 0.374 e. The molecule has 0 bridgehead atoms. The number of aliphatic imine (C=N–C) groups is 1. The molecule has 2 rings (SSSR count). The van der Waals surface area contributed by atoms with Gasteiger partial charge in [0, 0.05) is 39.3 Å². The lowest BCUT2D eigenvalue weighted by Gasteiger charge is -2.34. The third-order valence-electron chi connectivity index (χ3n) is 4.63. The van der Waals surface area contributed by atoms with Gasteiger partial charge in [0.15, 0.2) is 5.96 Å². The van der Waals surface area contributed by atoms with Gasteiger partial charge in [-0.15, -0.1) is 0 Å². The first-order valence-corrected chi connectivity index (χ1v) is 10.5. The van der Waals surface area contributed by atoms with Gasteiger partial charge < -0.3 is 20.3 Å². The number of nitrogens with one attached hydrogen (secondary N) is 2. The summed E-state index contributed by atoms with van der Waals surface area (Å²) in [5.74, 6) is 1.54. The minimum Gasteiger partial charge on any atom is -0.374 e. The summed E-state index contributed by atoms with van der Waals surface area (Å²) in [5, 5.41) is 6.79. The maximum Gasteiger partial charge on any atom is 0.191 e. The lowest BCUT2D eigenvalue weighted by molar-refractivity contribution is -0.0284. The summed E-state index contributed by atoms with van der Waals surface area (Å²) in [6.07, 6.45) is 0.210. The highest BCUT2D eigenvalue weighted by Gasteiger charge is 2.21. The first kappa shape index (κ1) is 22.7. The van der Waals surface area contributed by atoms with Crippen molar-refractivity contribution in [1.82, 2.24) is 20.4 Å². The van der Waals surface area contributed by atoms with E-state index in [1.54, 1.807) is 0 Å². The van der Waals surface area contributed by atoms with Crippen molar-refractivity contribution in [3.63, 3.8) is 0 Å². The molecule has 158 valence electrons. The van der Waals surface area contributed by atoms with Gasteiger partial charge in [0.25, 0.3) is 0 Å². The lowest BCUT2D eigenvalue weighted by Crippen LogP contribution is -2.50. The molecular weight excluding hydrogens is 350 g/mol. The highest BCUT2D eigenvalue weighted by molar-refractivity contribution is 5.79. The smallest absolute Gasteiger partial charge is 0.191 e. The zero-order valence-corrected chi connectivity index (χ0v) is 18.4. The van der Waals surface area contributed by atoms with E-state index in [1.165, 1.54) is 11.1 Å². The molecule has 1 fully saturated rings. The van der Waals surface area contributed by atoms with Gasteiger partial charge in [-0.1, -0.05) is 38.1 Å². The second-order valence-corrected chi connectivity index (χ2v) is 8.28. The number of guanidine groups is 1. The topological polar surface area (TPSA) is 52.1 Å². The number of morpholine rings is 1. The van der Waals surface area contributed by atoms with Crippen molar-refractivity contribution in [3.05, 3.63) is 35.4 Å². The van der Waals surface area contributed by atoms with Crippen LogP contribution in [-0.4, -0.2) is 75.3 Å². The number of ether oxygens (including phenoxy) is 1. The van der Waals surface area contributed by atoms with E-state index < -0.39 is 0 Å². The van der Waals surface area contributed by atoms with Crippen LogP contribution in [-0.2, 0) is 17.8 Å². The number of rotatable bonds is 9. The third-order valence-corrected chi connectivity index (χ3v) is 4.63. The fourth-order valence-electron chi connectivity index (χ4n) is 3.42. The van der Waals surface area contributed by atoms with E-state index >= 15 is 0 Å². The zero-order valence-electron chi connectivity index (χ0n) is 18.4. The monoisotopic (exact) mass is 389 g/mol. The normalized spacial score (nSPS) is 18.7. The highest BCUT2D eigenvalue weighted by Crippen LogP contribution is 2.08. The van der Waals surface area contributed by atoms with Crippen LogP contribution in [0.2, 0.25) is 0 Å². The first-order valence-electron chi connectivity index (χ1n) is 10.5. The van der Waals surface area contributed by atoms with Gasteiger partial charge in [-0.2, -0.15) is 0 Å². The Bertz CT molecular complexity index is 585. The Hall–Kier alpha value is -1.63. The SMILES string of the molecule is CCNC(=NCc1ccc(CN(C)C)cc1)NCC1CN(CC(C)C)CCO1. The molecule has 1 unspecified atom stereocenters. The van der Waals surface area contributed by atoms with Crippen molar-refractivity contribution in [2.75, 3.05) is 53.4 Å². The molecule has 0 radical (unpaired) electrons. The molecule has 0 aromatic heterocycles. The Morgan fingerprint density at radius 1 is 1.21 bits per heavy atom. The Labute approximate surface area is 171 Å². The predicted molar refractivity (Wildman–Crippen MR) is 118 cm³/mol. The molecule has 1 aliphatic rings. The van der Waals surface area contributed by atoms with Crippen molar-refractivity contribution < 1.29 is 4.74 Å². The quantitative estimate of drug-likeness (QED) is 0.501. The van der Waals surface area contributed by atoms with Crippen molar-refractivity contribution in [2.45, 2.75) is 40.0 Å². The number of nitrogens with zero attached hydrogens (tertiary/aromatic N) is 3. The second kappa shape index (κ2) is 12.0. The zero-order chi connectivity index (χ0) is 20.4. The second-order valence-electron chi connectivity index (χ2n) is 8.28. The Morgan fingerprint density at radius 3 is 2.57 bits per heavy atom. The average Bonchev–Trinajstić information content (AvgIpc) is 2.64. The van der Waals surface area contributed by atoms with Crippen LogP contribution in [0.5, 0.6) is 0 Å². The molecule has 1 atom stereocenters. The fourth-order valence-corrected chi connectivity index (χ4v) is 3.42. The summed E-state index contributed by atoms with van der Waals surface area (Å²) in [7, 11) is 4.18. The fraction of sp³-hybridized carbons (Fsp3) is 0.682. The van der Waals surface area contributed by atoms with Gasteiger partial charge in [-0.3, -0.25) is 4.90 Å². The summed E-state index contributed by atoms with van der Waals surface area (Å²) in [5.41, 5.74) is 2.54. The predicted octanol–water partition coefficient (Wildman–Crippen LogP) is 2.16. The van der Waals surface area contributed by atoms with Gasteiger partial charge in [-0.25, -0.2) is 4.99 Å². The summed E-state index contributed by atoms with van der Waals surface area (Å²) in [6.45, 7) is 13.9. The minimum absolute atomic E-state index is 0.210. The molecular formula is C22H39N5O. The maximum absolute atomic E-state index is 5.93. The summed E-state index contributed by atoms with van der Waals surface area (Å²) in [4.78, 5) is 9.42. The van der Waals surface area contributed by atoms with Gasteiger partial charge in [-0.05, 0) is 38.1 Å². The number of hydrogen-bond donors (Lipinski definition) is 2. The van der Waals surface area contributed by atoms with Gasteiger partial charge in [0.2, 0.25) is 0 Å². The van der Waals surface area contributed by atoms with Crippen molar-refractivity contribution in [2.24, 2.45) is 10.9 Å². The van der Waals surface area contributed by atoms with E-state index in [2.05, 4.69) is 79.6 Å². The molecule has 1 aliphatic heterocycles. The average molecular weight is 390 g/mol. The van der Waals surface area contributed by atoms with Crippen molar-refractivity contribution in [3.8, 4) is 0 Å². The Balaban J connectivity index is 1.84. The molecule has 1 heterocycles. The van der Waals surface area contributed by atoms with Crippen LogP contribution >= 0.6 is 0 Å². The van der Waals surface area contributed by atoms with Crippen LogP contribution in [0.15, 0.2) is 29.3 Å². The number of benzene rings is 1. The minimum atomic E-state index is 0.210. The molecule has 1 aromatic rings. The summed E-state index contributed by atoms with van der Waals surface area (Å²) < 4.78 is 5.93. The molecule has 0 amide bonds. The van der Waals surface area contributed by atoms with E-state index in [1.807, 2.05) is 0 Å². The van der Waals surface area contributed by atoms with Gasteiger partial charge >= 0.3 is 0 Å². The van der Waals surface area contributed by atoms with Crippen LogP contribution in [0.25, 0.3) is 0 Å². The Kier molecular flexibility index (Phi) is 9.75. The first-order chi connectivity index (χ1) is 13.5. The van der Waals surface area contributed by atoms with Crippen LogP contribution < -0.4 is 10.6 Å². The van der Waals surface area contributed by atoms with E-state index in [0.717, 1.165) is 51.8 Å². The number of hydrogen-bond acceptors (Lipinski definition) is 4. The molecule has 1 aromatic carbocycles. The molecule has 0 spiro atoms. The molecule has 2 N–H and O–H groups in total. The van der Waals surface area contributed by atoms with Crippen molar-refractivity contribution in [1.29, 1.82) is 0 Å². The third kappa shape index (κ3) is 8.59. The van der Waals surface area contributed by atoms with E-state index in [9.17, 15) is 0 Å². The van der Waals surface area contributed by atoms with Crippen LogP contribution in [0.3, 0.4) is 0 Å². The van der Waals surface area contributed by atoms with Gasteiger partial charge in [0.05, 0.1) is 19.3 Å². The molecule has 0 aliphatic carbocycles. The van der Waals surface area contributed by atoms with Crippen LogP contribution in [0, 0.1) is 5.92 Å².